The van der Waals surface area contributed by atoms with Crippen LogP contribution in [0.5, 0.6) is 0 Å². The van der Waals surface area contributed by atoms with Crippen molar-refractivity contribution in [2.24, 2.45) is 0 Å². The summed E-state index contributed by atoms with van der Waals surface area (Å²) in [5, 5.41) is 9.97. The number of aromatic carboxylic acids is 1. The molecule has 0 bridgehead atoms. The van der Waals surface area contributed by atoms with Gasteiger partial charge in [0.15, 0.2) is 5.69 Å². The maximum absolute atomic E-state index is 11.3. The molecule has 2 aromatic rings. The van der Waals surface area contributed by atoms with Crippen LogP contribution in [0.4, 0.5) is 5.69 Å². The van der Waals surface area contributed by atoms with E-state index in [1.807, 2.05) is 18.2 Å². The van der Waals surface area contributed by atoms with Crippen molar-refractivity contribution in [3.05, 3.63) is 23.9 Å². The Morgan fingerprint density at radius 2 is 2.23 bits per heavy atom. The fraction of sp³-hybridized carbons (Fsp3) is 0.556. The lowest BCUT2D eigenvalue weighted by Crippen LogP contribution is -2.25. The third-order valence-corrected chi connectivity index (χ3v) is 7.08. The van der Waals surface area contributed by atoms with Crippen LogP contribution in [0.3, 0.4) is 0 Å². The molecular weight excluding hydrogens is 368 g/mol. The van der Waals surface area contributed by atoms with Crippen molar-refractivity contribution in [3.8, 4) is 0 Å². The van der Waals surface area contributed by atoms with Crippen molar-refractivity contribution in [2.75, 3.05) is 31.4 Å². The van der Waals surface area contributed by atoms with Gasteiger partial charge in [-0.15, -0.1) is 0 Å². The summed E-state index contributed by atoms with van der Waals surface area (Å²) in [4.78, 5) is 13.5. The molecule has 1 N–H and O–H groups in total. The molecule has 0 spiro atoms. The molecule has 3 rings (SSSR count). The average Bonchev–Trinajstić information content (AvgIpc) is 3.19. The highest BCUT2D eigenvalue weighted by Crippen LogP contribution is 2.30. The Hall–Kier alpha value is -1.48. The maximum atomic E-state index is 11.3. The first kappa shape index (κ1) is 19.3. The maximum Gasteiger partial charge on any atom is 0.356 e. The summed E-state index contributed by atoms with van der Waals surface area (Å²) in [5.41, 5.74) is 1.15. The lowest BCUT2D eigenvalue weighted by molar-refractivity contribution is -0.0791. The zero-order valence-corrected chi connectivity index (χ0v) is 17.3. The number of anilines is 1. The minimum Gasteiger partial charge on any atom is -0.476 e. The molecule has 1 aromatic carbocycles. The molecule has 142 valence electrons. The molecule has 1 aromatic heterocycles. The molecule has 1 aliphatic rings. The molecule has 26 heavy (non-hydrogen) atoms. The lowest BCUT2D eigenvalue weighted by atomic mass is 10.2. The van der Waals surface area contributed by atoms with Crippen molar-refractivity contribution in [1.82, 2.24) is 4.37 Å². The summed E-state index contributed by atoms with van der Waals surface area (Å²) in [6, 6.07) is 7.05. The summed E-state index contributed by atoms with van der Waals surface area (Å²) in [7, 11) is -1.06. The monoisotopic (exact) mass is 394 g/mol. The van der Waals surface area contributed by atoms with E-state index in [-0.39, 0.29) is 11.8 Å². The fourth-order valence-electron chi connectivity index (χ4n) is 2.96. The number of hydrogen-bond donors (Lipinski definition) is 1. The zero-order chi connectivity index (χ0) is 18.7. The third-order valence-electron chi connectivity index (χ3n) is 4.55. The molecule has 1 fully saturated rings. The summed E-state index contributed by atoms with van der Waals surface area (Å²) in [6.07, 6.45) is 1.10. The molecule has 6 nitrogen and oxygen atoms in total. The van der Waals surface area contributed by atoms with Gasteiger partial charge in [-0.05, 0) is 42.2 Å². The summed E-state index contributed by atoms with van der Waals surface area (Å²) in [5.74, 6) is -0.980. The van der Waals surface area contributed by atoms with Crippen LogP contribution in [0.15, 0.2) is 18.2 Å². The fourth-order valence-corrected chi connectivity index (χ4v) is 4.46. The van der Waals surface area contributed by atoms with Gasteiger partial charge >= 0.3 is 5.97 Å². The van der Waals surface area contributed by atoms with Gasteiger partial charge in [-0.2, -0.15) is 4.37 Å². The number of fused-ring (bicyclic) bond motifs is 1. The topological polar surface area (TPSA) is 71.9 Å². The molecule has 1 atom stereocenters. The Bertz CT molecular complexity index is 774. The first-order chi connectivity index (χ1) is 12.3. The molecular formula is C18H26N2O4SSi. The molecule has 0 aliphatic carbocycles. The second kappa shape index (κ2) is 8.04. The van der Waals surface area contributed by atoms with Crippen LogP contribution >= 0.6 is 11.5 Å². The van der Waals surface area contributed by atoms with E-state index in [2.05, 4.69) is 28.9 Å². The van der Waals surface area contributed by atoms with Crippen molar-refractivity contribution < 1.29 is 19.4 Å². The number of hydrogen-bond acceptors (Lipinski definition) is 6. The number of carbonyl (C=O) groups is 1. The van der Waals surface area contributed by atoms with E-state index in [9.17, 15) is 9.90 Å². The highest BCUT2D eigenvalue weighted by molar-refractivity contribution is 7.13. The van der Waals surface area contributed by atoms with E-state index in [0.717, 1.165) is 42.5 Å². The summed E-state index contributed by atoms with van der Waals surface area (Å²) >= 11 is 1.22. The largest absolute Gasteiger partial charge is 0.476 e. The predicted octanol–water partition coefficient (Wildman–Crippen LogP) is 3.90. The van der Waals surface area contributed by atoms with E-state index in [4.69, 9.17) is 9.47 Å². The van der Waals surface area contributed by atoms with Crippen LogP contribution in [0.25, 0.3) is 10.1 Å². The third kappa shape index (κ3) is 4.82. The van der Waals surface area contributed by atoms with E-state index in [1.165, 1.54) is 11.5 Å². The van der Waals surface area contributed by atoms with Gasteiger partial charge in [0.05, 0.1) is 10.8 Å². The van der Waals surface area contributed by atoms with Crippen molar-refractivity contribution in [3.63, 3.8) is 0 Å². The number of nitrogens with zero attached hydrogens (tertiary/aromatic N) is 2. The number of carboxylic acids is 1. The summed E-state index contributed by atoms with van der Waals surface area (Å²) < 4.78 is 16.4. The number of rotatable bonds is 8. The zero-order valence-electron chi connectivity index (χ0n) is 15.5. The number of aromatic nitrogens is 1. The molecule has 2 heterocycles. The minimum absolute atomic E-state index is 0.134. The normalized spacial score (nSPS) is 18.0. The Morgan fingerprint density at radius 3 is 2.96 bits per heavy atom. The van der Waals surface area contributed by atoms with E-state index in [0.29, 0.717) is 12.2 Å². The van der Waals surface area contributed by atoms with Crippen LogP contribution in [0.2, 0.25) is 25.7 Å². The van der Waals surface area contributed by atoms with E-state index in [1.54, 1.807) is 0 Å². The molecule has 1 unspecified atom stereocenters. The average molecular weight is 395 g/mol. The smallest absolute Gasteiger partial charge is 0.356 e. The van der Waals surface area contributed by atoms with Crippen molar-refractivity contribution in [2.45, 2.75) is 38.2 Å². The van der Waals surface area contributed by atoms with Gasteiger partial charge in [0.1, 0.15) is 6.79 Å². The second-order valence-electron chi connectivity index (χ2n) is 7.88. The van der Waals surface area contributed by atoms with Gasteiger partial charge < -0.3 is 19.5 Å². The van der Waals surface area contributed by atoms with Gasteiger partial charge in [0, 0.05) is 38.8 Å². The number of carboxylic acid groups (broad SMARTS) is 1. The van der Waals surface area contributed by atoms with Crippen LogP contribution in [-0.2, 0) is 9.47 Å². The Balaban J connectivity index is 1.53. The van der Waals surface area contributed by atoms with Gasteiger partial charge in [-0.3, -0.25) is 0 Å². The lowest BCUT2D eigenvalue weighted by Gasteiger charge is -2.19. The Labute approximate surface area is 158 Å². The van der Waals surface area contributed by atoms with Gasteiger partial charge in [-0.25, -0.2) is 4.79 Å². The van der Waals surface area contributed by atoms with Crippen molar-refractivity contribution in [1.29, 1.82) is 0 Å². The highest BCUT2D eigenvalue weighted by Gasteiger charge is 2.24. The predicted molar refractivity (Wildman–Crippen MR) is 107 cm³/mol. The molecule has 1 aliphatic heterocycles. The number of ether oxygens (including phenoxy) is 2. The molecule has 1 saturated heterocycles. The quantitative estimate of drug-likeness (QED) is 0.416. The standard InChI is InChI=1S/C18H26N2O4SSi/c1-26(2,3)9-8-23-12-24-14-6-7-20(11-14)13-4-5-16-15(10-13)17(18(21)22)19-25-16/h4-5,10,14H,6-9,11-12H2,1-3H3,(H,21,22). The van der Waals surface area contributed by atoms with E-state index < -0.39 is 14.0 Å². The molecule has 0 amide bonds. The van der Waals surface area contributed by atoms with Crippen LogP contribution in [0.1, 0.15) is 16.9 Å². The molecule has 0 radical (unpaired) electrons. The second-order valence-corrected chi connectivity index (χ2v) is 14.3. The Morgan fingerprint density at radius 1 is 1.42 bits per heavy atom. The van der Waals surface area contributed by atoms with Gasteiger partial charge in [-0.1, -0.05) is 19.6 Å². The highest BCUT2D eigenvalue weighted by atomic mass is 32.1. The van der Waals surface area contributed by atoms with Gasteiger partial charge in [0.2, 0.25) is 0 Å². The summed E-state index contributed by atoms with van der Waals surface area (Å²) in [6.45, 7) is 9.81. The SMILES string of the molecule is C[Si](C)(C)CCOCOC1CCN(c2ccc3snc(C(=O)O)c3c2)C1. The van der Waals surface area contributed by atoms with E-state index >= 15 is 0 Å². The van der Waals surface area contributed by atoms with Crippen LogP contribution < -0.4 is 4.90 Å². The minimum atomic E-state index is -1.06. The van der Waals surface area contributed by atoms with Crippen LogP contribution in [0, 0.1) is 0 Å². The van der Waals surface area contributed by atoms with Crippen molar-refractivity contribution >= 4 is 41.3 Å². The number of benzene rings is 1. The molecule has 8 heteroatoms. The van der Waals surface area contributed by atoms with Crippen LogP contribution in [-0.4, -0.2) is 56.1 Å². The molecule has 0 saturated carbocycles. The van der Waals surface area contributed by atoms with Gasteiger partial charge in [0.25, 0.3) is 0 Å². The first-order valence-electron chi connectivity index (χ1n) is 8.90. The first-order valence-corrected chi connectivity index (χ1v) is 13.4. The Kier molecular flexibility index (Phi) is 5.96.